The van der Waals surface area contributed by atoms with Gasteiger partial charge >= 0.3 is 41.8 Å². The van der Waals surface area contributed by atoms with E-state index in [1.807, 2.05) is 5.32 Å². The summed E-state index contributed by atoms with van der Waals surface area (Å²) in [6, 6.07) is -32.9. The van der Waals surface area contributed by atoms with E-state index >= 15 is 0 Å². The fourth-order valence-electron chi connectivity index (χ4n) is 16.1. The van der Waals surface area contributed by atoms with Crippen LogP contribution < -0.4 is 108 Å². The molecule has 0 unspecified atom stereocenters. The quantitative estimate of drug-likeness (QED) is 0.0251. The Kier molecular flexibility index (Phi) is 56.4. The standard InChI is InChI=1S/C90H145N23O37/c1-42(2)35-55(106-73(132)47(93)40-114)74(133)95-39-64(118)98-50(21-26-65(119)120)78(137)107-57(38-70(129)130)81(140)110-71(46(7)116)86(145)102-49(16-9-11-31-92)76(135)100-51(22-27-66(121)122)75(134)96-44(5)72(131)105-56(37-69(127)128)80(139)108-58(36-43(3)4)89(148)113-34-14-18-61(113)84(143)104-54(24-29-68(125)126)88(147)112-33-13-19-62(112)85(144)109-59(41-115)82(141)101-52(23-28-67(123)124)79(138)99-48(15-8-10-30-91)77(136)103-53(20-25-63(94)117)87(146)111-32-12-17-60(111)83(142)97-45(6)90(149)150/h42-62,71,114-116H,8-41,91-93H2,1-7H3,(H2,94,117)(H,95,133)(H,96,134)(H,97,142)(H,98,118)(H,99,138)(H,100,135)(H,101,141)(H,102,145)(H,103,136)(H,104,143)(H,105,131)(H,106,132)(H,107,137)(H,108,139)(H,109,144)(H,110,140)(H,119,120)(H,121,122)(H,123,124)(H,125,126)(H,127,128)(H,129,130)(H,149,150)/t44-,45-,46+,47-,48-,49-,50-,51-,52-,53-,54-,55-,56-,57-,58-,59-,60-,61-,62-,71-/m0/s1. The molecule has 0 spiro atoms. The van der Waals surface area contributed by atoms with Gasteiger partial charge in [0.05, 0.1) is 38.7 Å². The number of carbonyl (C=O) groups is 27. The van der Waals surface area contributed by atoms with Crippen molar-refractivity contribution in [1.82, 2.24) is 99.8 Å². The van der Waals surface area contributed by atoms with Crippen LogP contribution >= 0.6 is 0 Å². The van der Waals surface area contributed by atoms with Crippen molar-refractivity contribution >= 4 is 160 Å². The van der Waals surface area contributed by atoms with Crippen LogP contribution in [0.2, 0.25) is 0 Å². The highest BCUT2D eigenvalue weighted by Gasteiger charge is 2.47. The number of nitrogens with zero attached hydrogens (tertiary/aromatic N) is 3. The molecule has 3 rings (SSSR count). The van der Waals surface area contributed by atoms with Crippen LogP contribution in [0.5, 0.6) is 0 Å². The molecule has 60 heteroatoms. The summed E-state index contributed by atoms with van der Waals surface area (Å²) in [5.41, 5.74) is 22.4. The maximum Gasteiger partial charge on any atom is 0.325 e. The molecule has 0 aromatic rings. The van der Waals surface area contributed by atoms with Gasteiger partial charge in [0.2, 0.25) is 118 Å². The van der Waals surface area contributed by atoms with Gasteiger partial charge in [0.15, 0.2) is 0 Å². The van der Waals surface area contributed by atoms with Crippen molar-refractivity contribution in [2.45, 2.75) is 336 Å². The number of carboxylic acid groups (broad SMARTS) is 7. The first kappa shape index (κ1) is 130. The summed E-state index contributed by atoms with van der Waals surface area (Å²) in [6.07, 6.45) is -11.7. The SMILES string of the molecule is CC(C)C[C@H](NC(=O)[C@@H](N)CO)C(=O)NCC(=O)N[C@@H](CCC(=O)O)C(=O)N[C@@H](CC(=O)O)C(=O)N[C@H](C(=O)N[C@@H](CCCCN)C(=O)N[C@@H](CCC(=O)O)C(=O)N[C@@H](C)C(=O)N[C@@H](CC(=O)O)C(=O)N[C@@H](CC(C)C)C(=O)N1CCC[C@H]1C(=O)N[C@@H](CCC(=O)O)C(=O)N1CCC[C@H]1C(=O)N[C@@H](CO)C(=O)N[C@@H](CCC(=O)O)C(=O)N[C@@H](CCCCN)C(=O)N[C@@H](CCC(N)=O)C(=O)N1CCC[C@H]1C(=O)N[C@@H](C)C(=O)O)[C@@H](C)O. The Morgan fingerprint density at radius 1 is 0.313 bits per heavy atom. The molecule has 0 aromatic heterocycles. The van der Waals surface area contributed by atoms with Crippen LogP contribution in [0.1, 0.15) is 215 Å². The Balaban J connectivity index is 1.87. The average molecular weight is 2140 g/mol. The van der Waals surface area contributed by atoms with E-state index < -0.39 is 384 Å². The molecule has 60 nitrogen and oxygen atoms in total. The number of carbonyl (C=O) groups excluding carboxylic acids is 20. The molecule has 0 aliphatic carbocycles. The van der Waals surface area contributed by atoms with E-state index in [9.17, 15) is 181 Å². The average Bonchev–Trinajstić information content (AvgIpc) is 1.66. The zero-order valence-electron chi connectivity index (χ0n) is 84.4. The lowest BCUT2D eigenvalue weighted by Crippen LogP contribution is -2.62. The lowest BCUT2D eigenvalue weighted by Gasteiger charge is -2.32. The third-order valence-electron chi connectivity index (χ3n) is 24.1. The molecule has 0 radical (unpaired) electrons. The molecule has 3 aliphatic rings. The fraction of sp³-hybridized carbons (Fsp3) is 0.700. The number of unbranched alkanes of at least 4 members (excludes halogenated alkanes) is 2. The summed E-state index contributed by atoms with van der Waals surface area (Å²) in [4.78, 5) is 366. The van der Waals surface area contributed by atoms with Gasteiger partial charge in [-0.3, -0.25) is 129 Å². The van der Waals surface area contributed by atoms with Crippen LogP contribution in [-0.4, -0.2) is 399 Å². The van der Waals surface area contributed by atoms with Crippen molar-refractivity contribution < 1.29 is 181 Å². The molecule has 3 saturated heterocycles. The summed E-state index contributed by atoms with van der Waals surface area (Å²) in [5.74, 6) is -34.7. The minimum absolute atomic E-state index is 0.000399. The zero-order chi connectivity index (χ0) is 113. The van der Waals surface area contributed by atoms with Crippen LogP contribution in [-0.2, 0) is 129 Å². The van der Waals surface area contributed by atoms with E-state index in [2.05, 4.69) is 79.8 Å². The monoisotopic (exact) mass is 2140 g/mol. The number of hydrogen-bond acceptors (Lipinski definition) is 33. The summed E-state index contributed by atoms with van der Waals surface area (Å²) >= 11 is 0. The van der Waals surface area contributed by atoms with Gasteiger partial charge in [-0.05, 0) is 168 Å². The maximum atomic E-state index is 14.9. The van der Waals surface area contributed by atoms with Gasteiger partial charge < -0.3 is 174 Å². The fourth-order valence-corrected chi connectivity index (χ4v) is 16.1. The van der Waals surface area contributed by atoms with E-state index in [0.29, 0.717) is 0 Å². The first-order chi connectivity index (χ1) is 70.4. The highest BCUT2D eigenvalue weighted by atomic mass is 16.4. The van der Waals surface area contributed by atoms with Crippen molar-refractivity contribution in [2.24, 2.45) is 34.8 Å². The summed E-state index contributed by atoms with van der Waals surface area (Å²) in [6.45, 7) is 6.31. The number of aliphatic hydroxyl groups is 3. The topological polar surface area (TPSA) is 969 Å². The molecule has 842 valence electrons. The molecule has 20 atom stereocenters. The van der Waals surface area contributed by atoms with Crippen molar-refractivity contribution in [2.75, 3.05) is 52.5 Å². The van der Waals surface area contributed by atoms with Crippen LogP contribution in [0, 0.1) is 11.8 Å². The van der Waals surface area contributed by atoms with Gasteiger partial charge in [0.1, 0.15) is 115 Å². The molecule has 3 heterocycles. The van der Waals surface area contributed by atoms with Gasteiger partial charge in [-0.15, -0.1) is 0 Å². The van der Waals surface area contributed by atoms with E-state index in [1.54, 1.807) is 27.7 Å². The number of carboxylic acids is 7. The molecule has 20 amide bonds. The predicted molar refractivity (Wildman–Crippen MR) is 514 cm³/mol. The highest BCUT2D eigenvalue weighted by molar-refractivity contribution is 6.03. The third kappa shape index (κ3) is 45.3. The van der Waals surface area contributed by atoms with Crippen molar-refractivity contribution in [3.8, 4) is 0 Å². The van der Waals surface area contributed by atoms with Crippen LogP contribution in [0.3, 0.4) is 0 Å². The minimum atomic E-state index is -2.21. The molecule has 3 fully saturated rings. The molecule has 3 aliphatic heterocycles. The zero-order valence-corrected chi connectivity index (χ0v) is 84.4. The number of nitrogens with one attached hydrogen (secondary N) is 16. The normalized spacial score (nSPS) is 17.6. The number of aliphatic hydroxyl groups excluding tert-OH is 3. The highest BCUT2D eigenvalue weighted by Crippen LogP contribution is 2.26. The molecule has 150 heavy (non-hydrogen) atoms. The number of nitrogens with two attached hydrogens (primary N) is 4. The third-order valence-corrected chi connectivity index (χ3v) is 24.1. The number of primary amides is 1. The van der Waals surface area contributed by atoms with E-state index in [4.69, 9.17) is 22.9 Å². The molecular formula is C90H145N23O37. The molecule has 0 saturated carbocycles. The second-order valence-corrected chi connectivity index (χ2v) is 37.3. The summed E-state index contributed by atoms with van der Waals surface area (Å²) in [5, 5.41) is 135. The number of amides is 20. The Bertz CT molecular complexity index is 4780. The smallest absolute Gasteiger partial charge is 0.325 e. The minimum Gasteiger partial charge on any atom is -0.481 e. The van der Waals surface area contributed by atoms with Crippen LogP contribution in [0.15, 0.2) is 0 Å². The van der Waals surface area contributed by atoms with E-state index in [-0.39, 0.29) is 129 Å². The van der Waals surface area contributed by atoms with Gasteiger partial charge in [-0.25, -0.2) is 0 Å². The Labute approximate surface area is 860 Å². The van der Waals surface area contributed by atoms with Crippen LogP contribution in [0.25, 0.3) is 0 Å². The second kappa shape index (κ2) is 65.3. The molecule has 34 N–H and O–H groups in total. The number of likely N-dealkylation sites (tertiary alicyclic amines) is 3. The first-order valence-corrected chi connectivity index (χ1v) is 49.0. The lowest BCUT2D eigenvalue weighted by atomic mass is 10.0. The summed E-state index contributed by atoms with van der Waals surface area (Å²) < 4.78 is 0. The van der Waals surface area contributed by atoms with Gasteiger partial charge in [-0.1, -0.05) is 27.7 Å². The van der Waals surface area contributed by atoms with Crippen LogP contribution in [0.4, 0.5) is 0 Å². The van der Waals surface area contributed by atoms with Crippen molar-refractivity contribution in [1.29, 1.82) is 0 Å². The number of hydrogen-bond donors (Lipinski definition) is 30. The van der Waals surface area contributed by atoms with Crippen molar-refractivity contribution in [3.63, 3.8) is 0 Å². The van der Waals surface area contributed by atoms with Gasteiger partial charge in [0.25, 0.3) is 0 Å². The van der Waals surface area contributed by atoms with E-state index in [0.717, 1.165) is 28.5 Å². The second-order valence-electron chi connectivity index (χ2n) is 37.3. The Morgan fingerprint density at radius 2 is 0.633 bits per heavy atom. The van der Waals surface area contributed by atoms with Gasteiger partial charge in [0, 0.05) is 51.7 Å². The first-order valence-electron chi connectivity index (χ1n) is 49.0. The maximum absolute atomic E-state index is 14.9. The molecule has 0 bridgehead atoms. The van der Waals surface area contributed by atoms with Crippen molar-refractivity contribution in [3.05, 3.63) is 0 Å². The predicted octanol–water partition coefficient (Wildman–Crippen LogP) is -11.8. The lowest BCUT2D eigenvalue weighted by molar-refractivity contribution is -0.146. The largest absolute Gasteiger partial charge is 0.481 e. The molecular weight excluding hydrogens is 2000 g/mol. The number of aliphatic carboxylic acids is 7. The molecule has 0 aromatic carbocycles. The number of rotatable bonds is 70. The van der Waals surface area contributed by atoms with E-state index in [1.165, 1.54) is 6.92 Å². The summed E-state index contributed by atoms with van der Waals surface area (Å²) in [7, 11) is 0. The Hall–Kier alpha value is -14.5. The van der Waals surface area contributed by atoms with Gasteiger partial charge in [-0.2, -0.15) is 0 Å². The Morgan fingerprint density at radius 3 is 1.02 bits per heavy atom.